The summed E-state index contributed by atoms with van der Waals surface area (Å²) in [4.78, 5) is 28.2. The fraction of sp³-hybridized carbons (Fsp3) is 0.125. The molecule has 0 aliphatic heterocycles. The zero-order valence-corrected chi connectivity index (χ0v) is 14.1. The van der Waals surface area contributed by atoms with Crippen molar-refractivity contribution in [3.8, 4) is 11.4 Å². The van der Waals surface area contributed by atoms with Gasteiger partial charge in [0.15, 0.2) is 12.4 Å². The number of hydrogen-bond acceptors (Lipinski definition) is 7. The summed E-state index contributed by atoms with van der Waals surface area (Å²) in [6, 6.07) is 10.2. The van der Waals surface area contributed by atoms with E-state index in [-0.39, 0.29) is 18.3 Å². The van der Waals surface area contributed by atoms with Crippen molar-refractivity contribution in [3.05, 3.63) is 57.1 Å². The maximum Gasteiger partial charge on any atom is 0.348 e. The molecule has 122 valence electrons. The van der Waals surface area contributed by atoms with Gasteiger partial charge in [-0.25, -0.2) is 4.79 Å². The molecule has 1 aromatic carbocycles. The van der Waals surface area contributed by atoms with E-state index in [1.165, 1.54) is 6.92 Å². The molecule has 24 heavy (non-hydrogen) atoms. The van der Waals surface area contributed by atoms with E-state index in [1.54, 1.807) is 36.4 Å². The summed E-state index contributed by atoms with van der Waals surface area (Å²) in [6.07, 6.45) is 0. The van der Waals surface area contributed by atoms with Crippen molar-refractivity contribution in [3.63, 3.8) is 0 Å². The van der Waals surface area contributed by atoms with Gasteiger partial charge in [0.1, 0.15) is 4.88 Å². The van der Waals surface area contributed by atoms with Gasteiger partial charge in [0.05, 0.1) is 4.88 Å². The number of thiophene rings is 1. The van der Waals surface area contributed by atoms with Crippen LogP contribution in [0.25, 0.3) is 11.4 Å². The van der Waals surface area contributed by atoms with E-state index in [4.69, 9.17) is 20.9 Å². The van der Waals surface area contributed by atoms with Crippen molar-refractivity contribution < 1.29 is 18.8 Å². The van der Waals surface area contributed by atoms with Crippen molar-refractivity contribution >= 4 is 34.7 Å². The lowest BCUT2D eigenvalue weighted by atomic mass is 10.2. The zero-order chi connectivity index (χ0) is 17.1. The molecule has 0 N–H and O–H groups in total. The van der Waals surface area contributed by atoms with Crippen molar-refractivity contribution in [1.29, 1.82) is 0 Å². The lowest BCUT2D eigenvalue weighted by Crippen LogP contribution is -2.03. The van der Waals surface area contributed by atoms with Crippen LogP contribution in [0.4, 0.5) is 0 Å². The number of Topliss-reactive ketones (excluding diaryl/α,β-unsaturated/α-hetero) is 1. The Morgan fingerprint density at radius 3 is 2.75 bits per heavy atom. The predicted molar refractivity (Wildman–Crippen MR) is 88.2 cm³/mol. The molecule has 0 amide bonds. The number of esters is 1. The predicted octanol–water partition coefficient (Wildman–Crippen LogP) is 4.01. The number of carbonyl (C=O) groups is 2. The Hall–Kier alpha value is -2.51. The first kappa shape index (κ1) is 16.4. The average molecular weight is 363 g/mol. The molecule has 0 saturated heterocycles. The van der Waals surface area contributed by atoms with Crippen LogP contribution in [0.3, 0.4) is 0 Å². The van der Waals surface area contributed by atoms with Gasteiger partial charge in [0, 0.05) is 10.6 Å². The number of halogens is 1. The van der Waals surface area contributed by atoms with Crippen LogP contribution in [0.2, 0.25) is 5.02 Å². The molecule has 0 unspecified atom stereocenters. The molecule has 0 aliphatic carbocycles. The van der Waals surface area contributed by atoms with Crippen LogP contribution in [0.15, 0.2) is 40.9 Å². The number of aromatic nitrogens is 2. The second-order valence-corrected chi connectivity index (χ2v) is 6.34. The van der Waals surface area contributed by atoms with Gasteiger partial charge in [0.2, 0.25) is 5.82 Å². The van der Waals surface area contributed by atoms with Crippen LogP contribution >= 0.6 is 22.9 Å². The minimum absolute atomic E-state index is 0.0953. The third-order valence-electron chi connectivity index (χ3n) is 3.03. The number of ether oxygens (including phenoxy) is 1. The summed E-state index contributed by atoms with van der Waals surface area (Å²) in [6.45, 7) is 1.29. The van der Waals surface area contributed by atoms with Crippen LogP contribution in [0.5, 0.6) is 0 Å². The molecule has 0 fully saturated rings. The fourth-order valence-corrected chi connectivity index (χ4v) is 2.88. The number of benzene rings is 1. The highest BCUT2D eigenvalue weighted by molar-refractivity contribution is 7.15. The van der Waals surface area contributed by atoms with E-state index in [1.807, 2.05) is 0 Å². The standard InChI is InChI=1S/C16H11ClN2O4S/c1-9(20)12-5-6-13(24-12)16(21)22-8-14-18-15(19-23-14)10-3-2-4-11(17)7-10/h2-7H,8H2,1H3. The van der Waals surface area contributed by atoms with Gasteiger partial charge >= 0.3 is 5.97 Å². The molecule has 6 nitrogen and oxygen atoms in total. The highest BCUT2D eigenvalue weighted by Gasteiger charge is 2.15. The monoisotopic (exact) mass is 362 g/mol. The summed E-state index contributed by atoms with van der Waals surface area (Å²) in [5, 5.41) is 4.39. The van der Waals surface area contributed by atoms with Gasteiger partial charge in [-0.1, -0.05) is 28.9 Å². The molecule has 0 spiro atoms. The van der Waals surface area contributed by atoms with Gasteiger partial charge in [0.25, 0.3) is 5.89 Å². The van der Waals surface area contributed by atoms with Gasteiger partial charge in [-0.15, -0.1) is 11.3 Å². The minimum atomic E-state index is -0.546. The molecule has 0 aliphatic rings. The Morgan fingerprint density at radius 2 is 2.04 bits per heavy atom. The highest BCUT2D eigenvalue weighted by atomic mass is 35.5. The number of carbonyl (C=O) groups excluding carboxylic acids is 2. The molecule has 2 heterocycles. The lowest BCUT2D eigenvalue weighted by molar-refractivity contribution is 0.0435. The molecule has 0 bridgehead atoms. The van der Waals surface area contributed by atoms with E-state index in [0.29, 0.717) is 26.2 Å². The Bertz CT molecular complexity index is 903. The van der Waals surface area contributed by atoms with Gasteiger partial charge in [-0.05, 0) is 31.2 Å². The van der Waals surface area contributed by atoms with Crippen LogP contribution in [0.1, 0.15) is 32.2 Å². The highest BCUT2D eigenvalue weighted by Crippen LogP contribution is 2.21. The average Bonchev–Trinajstić information content (AvgIpc) is 3.22. The normalized spacial score (nSPS) is 10.6. The summed E-state index contributed by atoms with van der Waals surface area (Å²) < 4.78 is 10.2. The summed E-state index contributed by atoms with van der Waals surface area (Å²) in [5.41, 5.74) is 0.702. The van der Waals surface area contributed by atoms with Gasteiger partial charge < -0.3 is 9.26 Å². The lowest BCUT2D eigenvalue weighted by Gasteiger charge is -1.98. The molecule has 0 radical (unpaired) electrons. The molecule has 0 atom stereocenters. The van der Waals surface area contributed by atoms with E-state index < -0.39 is 5.97 Å². The first-order chi connectivity index (χ1) is 11.5. The summed E-state index contributed by atoms with van der Waals surface area (Å²) >= 11 is 7.00. The van der Waals surface area contributed by atoms with Gasteiger partial charge in [-0.3, -0.25) is 4.79 Å². The minimum Gasteiger partial charge on any atom is -0.451 e. The van der Waals surface area contributed by atoms with E-state index in [2.05, 4.69) is 10.1 Å². The van der Waals surface area contributed by atoms with E-state index in [9.17, 15) is 9.59 Å². The Labute approximate surface area is 146 Å². The third-order valence-corrected chi connectivity index (χ3v) is 4.43. The van der Waals surface area contributed by atoms with Crippen LogP contribution < -0.4 is 0 Å². The Kier molecular flexibility index (Phi) is 4.73. The molecule has 2 aromatic heterocycles. The van der Waals surface area contributed by atoms with Crippen molar-refractivity contribution in [2.75, 3.05) is 0 Å². The Morgan fingerprint density at radius 1 is 1.25 bits per heavy atom. The Balaban J connectivity index is 1.64. The molecule has 8 heteroatoms. The fourth-order valence-electron chi connectivity index (χ4n) is 1.89. The van der Waals surface area contributed by atoms with Crippen molar-refractivity contribution in [2.24, 2.45) is 0 Å². The number of ketones is 1. The second kappa shape index (κ2) is 6.94. The van der Waals surface area contributed by atoms with E-state index in [0.717, 1.165) is 11.3 Å². The largest absolute Gasteiger partial charge is 0.451 e. The number of hydrogen-bond donors (Lipinski definition) is 0. The quantitative estimate of drug-likeness (QED) is 0.503. The second-order valence-electron chi connectivity index (χ2n) is 4.82. The third kappa shape index (κ3) is 3.69. The molecule has 3 rings (SSSR count). The summed E-state index contributed by atoms with van der Waals surface area (Å²) in [7, 11) is 0. The molecule has 3 aromatic rings. The molecule has 0 saturated carbocycles. The SMILES string of the molecule is CC(=O)c1ccc(C(=O)OCc2nc(-c3cccc(Cl)c3)no2)s1. The maximum atomic E-state index is 11.9. The van der Waals surface area contributed by atoms with E-state index >= 15 is 0 Å². The topological polar surface area (TPSA) is 82.3 Å². The van der Waals surface area contributed by atoms with Crippen LogP contribution in [0, 0.1) is 0 Å². The van der Waals surface area contributed by atoms with Crippen LogP contribution in [-0.4, -0.2) is 21.9 Å². The first-order valence-electron chi connectivity index (χ1n) is 6.89. The number of nitrogens with zero attached hydrogens (tertiary/aromatic N) is 2. The smallest absolute Gasteiger partial charge is 0.348 e. The molecular formula is C16H11ClN2O4S. The van der Waals surface area contributed by atoms with Crippen molar-refractivity contribution in [1.82, 2.24) is 10.1 Å². The first-order valence-corrected chi connectivity index (χ1v) is 8.09. The summed E-state index contributed by atoms with van der Waals surface area (Å²) in [5.74, 6) is -0.114. The maximum absolute atomic E-state index is 11.9. The number of rotatable bonds is 5. The molecular weight excluding hydrogens is 352 g/mol. The van der Waals surface area contributed by atoms with Gasteiger partial charge in [-0.2, -0.15) is 4.98 Å². The van der Waals surface area contributed by atoms with Crippen LogP contribution in [-0.2, 0) is 11.3 Å². The zero-order valence-electron chi connectivity index (χ0n) is 12.5. The van der Waals surface area contributed by atoms with Crippen molar-refractivity contribution in [2.45, 2.75) is 13.5 Å².